The minimum absolute atomic E-state index is 0.166. The summed E-state index contributed by atoms with van der Waals surface area (Å²) in [6.45, 7) is 8.84. The van der Waals surface area contributed by atoms with Crippen molar-refractivity contribution in [3.05, 3.63) is 60.3 Å². The summed E-state index contributed by atoms with van der Waals surface area (Å²) in [5.74, 6) is 1.85. The smallest absolute Gasteiger partial charge is 0.407 e. The van der Waals surface area contributed by atoms with E-state index in [1.54, 1.807) is 30.7 Å². The summed E-state index contributed by atoms with van der Waals surface area (Å²) in [6.07, 6.45) is 4.78. The fourth-order valence-electron chi connectivity index (χ4n) is 3.77. The summed E-state index contributed by atoms with van der Waals surface area (Å²) < 4.78 is 19.0. The van der Waals surface area contributed by atoms with E-state index in [1.165, 1.54) is 12.1 Å². The van der Waals surface area contributed by atoms with Crippen LogP contribution in [0.2, 0.25) is 0 Å². The van der Waals surface area contributed by atoms with Gasteiger partial charge in [-0.15, -0.1) is 0 Å². The summed E-state index contributed by atoms with van der Waals surface area (Å²) in [5, 5.41) is 9.28. The minimum Gasteiger partial charge on any atom is -0.444 e. The number of nitrogens with zero attached hydrogens (tertiary/aromatic N) is 5. The van der Waals surface area contributed by atoms with Gasteiger partial charge in [-0.3, -0.25) is 4.98 Å². The molecule has 2 unspecified atom stereocenters. The van der Waals surface area contributed by atoms with Crippen LogP contribution in [0.25, 0.3) is 0 Å². The Kier molecular flexibility index (Phi) is 7.47. The van der Waals surface area contributed by atoms with Gasteiger partial charge in [0.1, 0.15) is 29.4 Å². The molecule has 10 nitrogen and oxygen atoms in total. The van der Waals surface area contributed by atoms with E-state index in [2.05, 4.69) is 30.9 Å². The highest BCUT2D eigenvalue weighted by molar-refractivity contribution is 5.68. The predicted octanol–water partition coefficient (Wildman–Crippen LogP) is 4.43. The SMILES string of the molecule is CC(Nc1nc(Nc2cnccn2)cc(N2CCC(OC(=O)NC(C)(C)C)C2)n1)c1ccc(F)cc1. The Balaban J connectivity index is 1.52. The summed E-state index contributed by atoms with van der Waals surface area (Å²) >= 11 is 0. The molecule has 11 heteroatoms. The maximum absolute atomic E-state index is 13.3. The molecule has 190 valence electrons. The third-order valence-electron chi connectivity index (χ3n) is 5.47. The van der Waals surface area contributed by atoms with Crippen LogP contribution >= 0.6 is 0 Å². The molecule has 3 heterocycles. The molecule has 0 saturated carbocycles. The Morgan fingerprint density at radius 3 is 2.64 bits per heavy atom. The molecular formula is C25H31FN8O2. The highest BCUT2D eigenvalue weighted by Crippen LogP contribution is 2.27. The number of hydrogen-bond acceptors (Lipinski definition) is 9. The normalized spacial score (nSPS) is 16.4. The molecule has 0 bridgehead atoms. The van der Waals surface area contributed by atoms with E-state index in [0.29, 0.717) is 42.9 Å². The number of halogens is 1. The quantitative estimate of drug-likeness (QED) is 0.438. The molecule has 1 aliphatic rings. The van der Waals surface area contributed by atoms with E-state index < -0.39 is 6.09 Å². The predicted molar refractivity (Wildman–Crippen MR) is 136 cm³/mol. The molecule has 2 aromatic heterocycles. The highest BCUT2D eigenvalue weighted by Gasteiger charge is 2.28. The van der Waals surface area contributed by atoms with Crippen molar-refractivity contribution in [3.8, 4) is 0 Å². The zero-order valence-corrected chi connectivity index (χ0v) is 20.8. The fraction of sp³-hybridized carbons (Fsp3) is 0.400. The van der Waals surface area contributed by atoms with Crippen molar-refractivity contribution in [2.45, 2.75) is 51.8 Å². The first-order valence-electron chi connectivity index (χ1n) is 11.8. The van der Waals surface area contributed by atoms with Crippen molar-refractivity contribution in [3.63, 3.8) is 0 Å². The lowest BCUT2D eigenvalue weighted by atomic mass is 10.1. The van der Waals surface area contributed by atoms with Crippen LogP contribution in [0.15, 0.2) is 48.9 Å². The van der Waals surface area contributed by atoms with Gasteiger partial charge in [-0.05, 0) is 45.4 Å². The van der Waals surface area contributed by atoms with E-state index in [0.717, 1.165) is 5.56 Å². The lowest BCUT2D eigenvalue weighted by Gasteiger charge is -2.23. The zero-order chi connectivity index (χ0) is 25.7. The van der Waals surface area contributed by atoms with Crippen LogP contribution in [0, 0.1) is 5.82 Å². The van der Waals surface area contributed by atoms with Gasteiger partial charge >= 0.3 is 6.09 Å². The van der Waals surface area contributed by atoms with Crippen LogP contribution < -0.4 is 20.9 Å². The minimum atomic E-state index is -0.433. The molecule has 1 aliphatic heterocycles. The number of carbonyl (C=O) groups excluding carboxylic acids is 1. The Bertz CT molecular complexity index is 1170. The van der Waals surface area contributed by atoms with E-state index >= 15 is 0 Å². The number of benzene rings is 1. The average Bonchev–Trinajstić information content (AvgIpc) is 3.27. The van der Waals surface area contributed by atoms with Crippen molar-refractivity contribution in [1.82, 2.24) is 25.3 Å². The van der Waals surface area contributed by atoms with Gasteiger partial charge < -0.3 is 25.6 Å². The monoisotopic (exact) mass is 494 g/mol. The Labute approximate surface area is 209 Å². The van der Waals surface area contributed by atoms with Gasteiger partial charge in [-0.2, -0.15) is 9.97 Å². The number of aromatic nitrogens is 4. The van der Waals surface area contributed by atoms with Gasteiger partial charge in [-0.25, -0.2) is 14.2 Å². The first-order chi connectivity index (χ1) is 17.1. The lowest BCUT2D eigenvalue weighted by molar-refractivity contribution is 0.101. The number of hydrogen-bond donors (Lipinski definition) is 3. The molecule has 4 rings (SSSR count). The number of amides is 1. The van der Waals surface area contributed by atoms with Gasteiger partial charge in [0.15, 0.2) is 0 Å². The first kappa shape index (κ1) is 25.1. The third kappa shape index (κ3) is 7.00. The average molecular weight is 495 g/mol. The van der Waals surface area contributed by atoms with Gasteiger partial charge in [0.05, 0.1) is 18.8 Å². The molecule has 0 spiro atoms. The topological polar surface area (TPSA) is 117 Å². The number of rotatable bonds is 7. The number of alkyl carbamates (subject to hydrolysis) is 1. The van der Waals surface area contributed by atoms with Gasteiger partial charge in [0.2, 0.25) is 5.95 Å². The molecule has 1 amide bonds. The van der Waals surface area contributed by atoms with Gasteiger partial charge in [0, 0.05) is 37.0 Å². The second-order valence-corrected chi connectivity index (χ2v) is 9.71. The van der Waals surface area contributed by atoms with Gasteiger partial charge in [-0.1, -0.05) is 12.1 Å². The maximum Gasteiger partial charge on any atom is 0.407 e. The van der Waals surface area contributed by atoms with Crippen molar-refractivity contribution >= 4 is 29.5 Å². The van der Waals surface area contributed by atoms with Crippen molar-refractivity contribution in [2.24, 2.45) is 0 Å². The molecule has 1 saturated heterocycles. The third-order valence-corrected chi connectivity index (χ3v) is 5.47. The summed E-state index contributed by atoms with van der Waals surface area (Å²) in [5.41, 5.74) is 0.526. The molecule has 2 atom stereocenters. The fourth-order valence-corrected chi connectivity index (χ4v) is 3.77. The maximum atomic E-state index is 13.3. The van der Waals surface area contributed by atoms with Crippen LogP contribution in [0.4, 0.5) is 32.6 Å². The Hall–Kier alpha value is -4.02. The second-order valence-electron chi connectivity index (χ2n) is 9.71. The molecule has 3 aromatic rings. The Morgan fingerprint density at radius 1 is 1.17 bits per heavy atom. The Morgan fingerprint density at radius 2 is 1.94 bits per heavy atom. The van der Waals surface area contributed by atoms with E-state index in [4.69, 9.17) is 9.72 Å². The molecule has 36 heavy (non-hydrogen) atoms. The van der Waals surface area contributed by atoms with Crippen LogP contribution in [0.5, 0.6) is 0 Å². The standard InChI is InChI=1S/C25H31FN8O2/c1-16(17-5-7-18(26)8-6-17)29-23-31-20(30-21-14-27-10-11-28-21)13-22(32-23)34-12-9-19(15-34)36-24(35)33-25(2,3)4/h5-8,10-11,13-14,16,19H,9,12,15H2,1-4H3,(H,33,35)(H2,28,29,30,31,32). The largest absolute Gasteiger partial charge is 0.444 e. The molecule has 0 aliphatic carbocycles. The number of carbonyl (C=O) groups is 1. The van der Waals surface area contributed by atoms with Gasteiger partial charge in [0.25, 0.3) is 0 Å². The molecule has 1 fully saturated rings. The molecule has 0 radical (unpaired) electrons. The van der Waals surface area contributed by atoms with Crippen LogP contribution in [0.1, 0.15) is 45.7 Å². The summed E-state index contributed by atoms with van der Waals surface area (Å²) in [4.78, 5) is 31.9. The van der Waals surface area contributed by atoms with Crippen molar-refractivity contribution in [1.29, 1.82) is 0 Å². The van der Waals surface area contributed by atoms with E-state index in [9.17, 15) is 9.18 Å². The van der Waals surface area contributed by atoms with Crippen LogP contribution in [-0.2, 0) is 4.74 Å². The molecule has 3 N–H and O–H groups in total. The van der Waals surface area contributed by atoms with Crippen LogP contribution in [0.3, 0.4) is 0 Å². The van der Waals surface area contributed by atoms with E-state index in [-0.39, 0.29) is 23.5 Å². The van der Waals surface area contributed by atoms with Crippen molar-refractivity contribution < 1.29 is 13.9 Å². The first-order valence-corrected chi connectivity index (χ1v) is 11.8. The number of nitrogens with one attached hydrogen (secondary N) is 3. The highest BCUT2D eigenvalue weighted by atomic mass is 19.1. The lowest BCUT2D eigenvalue weighted by Crippen LogP contribution is -2.42. The second kappa shape index (κ2) is 10.7. The summed E-state index contributed by atoms with van der Waals surface area (Å²) in [7, 11) is 0. The molecular weight excluding hydrogens is 463 g/mol. The molecule has 1 aromatic carbocycles. The van der Waals surface area contributed by atoms with Crippen LogP contribution in [-0.4, -0.2) is 50.8 Å². The summed E-state index contributed by atoms with van der Waals surface area (Å²) in [6, 6.07) is 7.94. The van der Waals surface area contributed by atoms with E-state index in [1.807, 2.05) is 38.7 Å². The van der Waals surface area contributed by atoms with Crippen molar-refractivity contribution in [2.75, 3.05) is 28.6 Å². The number of anilines is 4. The number of ether oxygens (including phenoxy) is 1. The zero-order valence-electron chi connectivity index (χ0n) is 20.8.